The molecule has 2 atom stereocenters. The zero-order valence-corrected chi connectivity index (χ0v) is 17.0. The van der Waals surface area contributed by atoms with Crippen LogP contribution in [0.15, 0.2) is 24.3 Å². The van der Waals surface area contributed by atoms with E-state index in [9.17, 15) is 9.90 Å². The van der Waals surface area contributed by atoms with Gasteiger partial charge in [0.25, 0.3) is 0 Å². The lowest BCUT2D eigenvalue weighted by Gasteiger charge is -2.39. The molecular formula is C19H30BrNO3. The fourth-order valence-electron chi connectivity index (χ4n) is 2.80. The highest BCUT2D eigenvalue weighted by Gasteiger charge is 2.33. The highest BCUT2D eigenvalue weighted by atomic mass is 79.9. The summed E-state index contributed by atoms with van der Waals surface area (Å²) in [4.78, 5) is 13.2. The summed E-state index contributed by atoms with van der Waals surface area (Å²) >= 11 is 3.46. The summed E-state index contributed by atoms with van der Waals surface area (Å²) in [6, 6.07) is 7.51. The lowest BCUT2D eigenvalue weighted by Crippen LogP contribution is -2.47. The number of halogens is 1. The number of ether oxygens (including phenoxy) is 1. The van der Waals surface area contributed by atoms with Crippen LogP contribution in [0.2, 0.25) is 0 Å². The van der Waals surface area contributed by atoms with Gasteiger partial charge in [-0.05, 0) is 50.8 Å². The van der Waals surface area contributed by atoms with Crippen LogP contribution >= 0.6 is 15.9 Å². The summed E-state index contributed by atoms with van der Waals surface area (Å²) < 4.78 is 5.82. The molecule has 0 saturated carbocycles. The number of hydrogen-bond donors (Lipinski definition) is 1. The van der Waals surface area contributed by atoms with Crippen molar-refractivity contribution in [3.8, 4) is 5.75 Å². The van der Waals surface area contributed by atoms with Gasteiger partial charge in [0.15, 0.2) is 0 Å². The Balaban J connectivity index is 2.86. The molecule has 0 aliphatic rings. The van der Waals surface area contributed by atoms with Gasteiger partial charge in [0.1, 0.15) is 5.75 Å². The van der Waals surface area contributed by atoms with Crippen molar-refractivity contribution in [1.82, 2.24) is 4.90 Å². The number of amides is 1. The summed E-state index contributed by atoms with van der Waals surface area (Å²) in [5.74, 6) is 1.36. The molecule has 0 aliphatic carbocycles. The standard InChI is InChI=1S/C19H30BrNO3/c1-6-7-14(2)13-24-16-10-8-15(9-11-16)17(12-20)21(18(22)23)19(3,4)5/h8-11,14,17H,6-7,12-13H2,1-5H3,(H,22,23)/t14?,17-/m0/s1. The fraction of sp³-hybridized carbons (Fsp3) is 0.632. The van der Waals surface area contributed by atoms with Gasteiger partial charge in [0.05, 0.1) is 12.6 Å². The van der Waals surface area contributed by atoms with Gasteiger partial charge < -0.3 is 9.84 Å². The zero-order valence-electron chi connectivity index (χ0n) is 15.4. The summed E-state index contributed by atoms with van der Waals surface area (Å²) in [5, 5.41) is 10.1. The van der Waals surface area contributed by atoms with Crippen LogP contribution in [0.1, 0.15) is 59.1 Å². The monoisotopic (exact) mass is 399 g/mol. The van der Waals surface area contributed by atoms with Gasteiger partial charge in [-0.2, -0.15) is 0 Å². The molecule has 0 heterocycles. The highest BCUT2D eigenvalue weighted by Crippen LogP contribution is 2.31. The van der Waals surface area contributed by atoms with Gasteiger partial charge in [-0.3, -0.25) is 4.90 Å². The van der Waals surface area contributed by atoms with E-state index in [0.29, 0.717) is 17.9 Å². The molecule has 5 heteroatoms. The van der Waals surface area contributed by atoms with Crippen LogP contribution in [0.4, 0.5) is 4.79 Å². The molecule has 0 bridgehead atoms. The van der Waals surface area contributed by atoms with E-state index in [1.807, 2.05) is 45.0 Å². The number of hydrogen-bond acceptors (Lipinski definition) is 2. The van der Waals surface area contributed by atoms with Gasteiger partial charge in [0.2, 0.25) is 0 Å². The first-order valence-corrected chi connectivity index (χ1v) is 9.63. The molecule has 1 N–H and O–H groups in total. The maximum atomic E-state index is 11.7. The average molecular weight is 400 g/mol. The maximum absolute atomic E-state index is 11.7. The minimum Gasteiger partial charge on any atom is -0.493 e. The number of nitrogens with zero attached hydrogens (tertiary/aromatic N) is 1. The van der Waals surface area contributed by atoms with Crippen LogP contribution in [0.5, 0.6) is 5.75 Å². The Morgan fingerprint density at radius 2 is 1.88 bits per heavy atom. The lowest BCUT2D eigenvalue weighted by molar-refractivity contribution is 0.0769. The lowest BCUT2D eigenvalue weighted by atomic mass is 9.99. The number of rotatable bonds is 8. The number of benzene rings is 1. The molecule has 0 aromatic heterocycles. The molecule has 136 valence electrons. The maximum Gasteiger partial charge on any atom is 0.408 e. The van der Waals surface area contributed by atoms with Crippen LogP contribution in [0.25, 0.3) is 0 Å². The number of carboxylic acid groups (broad SMARTS) is 1. The second-order valence-electron chi connectivity index (χ2n) is 7.27. The molecular weight excluding hydrogens is 370 g/mol. The van der Waals surface area contributed by atoms with E-state index in [1.165, 1.54) is 4.90 Å². The quantitative estimate of drug-likeness (QED) is 0.568. The molecule has 0 fully saturated rings. The molecule has 1 amide bonds. The van der Waals surface area contributed by atoms with Crippen molar-refractivity contribution >= 4 is 22.0 Å². The molecule has 1 rings (SSSR count). The molecule has 0 spiro atoms. The molecule has 0 saturated heterocycles. The molecule has 0 aliphatic heterocycles. The van der Waals surface area contributed by atoms with E-state index >= 15 is 0 Å². The topological polar surface area (TPSA) is 49.8 Å². The van der Waals surface area contributed by atoms with Crippen molar-refractivity contribution in [1.29, 1.82) is 0 Å². The van der Waals surface area contributed by atoms with Gasteiger partial charge in [-0.25, -0.2) is 4.79 Å². The predicted molar refractivity (Wildman–Crippen MR) is 102 cm³/mol. The van der Waals surface area contributed by atoms with Gasteiger partial charge in [0, 0.05) is 10.9 Å². The number of carbonyl (C=O) groups is 1. The summed E-state index contributed by atoms with van der Waals surface area (Å²) in [5.41, 5.74) is 0.479. The second-order valence-corrected chi connectivity index (χ2v) is 7.91. The first-order chi connectivity index (χ1) is 11.2. The SMILES string of the molecule is CCCC(C)COc1ccc([C@H](CBr)N(C(=O)O)C(C)(C)C)cc1. The molecule has 1 aromatic carbocycles. The van der Waals surface area contributed by atoms with Crippen LogP contribution in [0.3, 0.4) is 0 Å². The van der Waals surface area contributed by atoms with Crippen LogP contribution < -0.4 is 4.74 Å². The molecule has 24 heavy (non-hydrogen) atoms. The second kappa shape index (κ2) is 9.30. The first-order valence-electron chi connectivity index (χ1n) is 8.51. The Hall–Kier alpha value is -1.23. The average Bonchev–Trinajstić information content (AvgIpc) is 2.49. The fourth-order valence-corrected chi connectivity index (χ4v) is 3.46. The van der Waals surface area contributed by atoms with E-state index in [1.54, 1.807) is 0 Å². The molecule has 0 radical (unpaired) electrons. The Morgan fingerprint density at radius 3 is 2.29 bits per heavy atom. The highest BCUT2D eigenvalue weighted by molar-refractivity contribution is 9.09. The van der Waals surface area contributed by atoms with E-state index in [-0.39, 0.29) is 6.04 Å². The minimum atomic E-state index is -0.916. The van der Waals surface area contributed by atoms with Crippen LogP contribution in [-0.2, 0) is 0 Å². The number of alkyl halides is 1. The molecule has 1 unspecified atom stereocenters. The zero-order chi connectivity index (χ0) is 18.3. The molecule has 4 nitrogen and oxygen atoms in total. The predicted octanol–water partition coefficient (Wildman–Crippen LogP) is 5.72. The van der Waals surface area contributed by atoms with Crippen molar-refractivity contribution < 1.29 is 14.6 Å². The summed E-state index contributed by atoms with van der Waals surface area (Å²) in [7, 11) is 0. The summed E-state index contributed by atoms with van der Waals surface area (Å²) in [6.07, 6.45) is 1.40. The van der Waals surface area contributed by atoms with Crippen molar-refractivity contribution in [3.05, 3.63) is 29.8 Å². The largest absolute Gasteiger partial charge is 0.493 e. The Bertz CT molecular complexity index is 510. The van der Waals surface area contributed by atoms with Gasteiger partial charge >= 0.3 is 6.09 Å². The smallest absolute Gasteiger partial charge is 0.408 e. The van der Waals surface area contributed by atoms with Crippen molar-refractivity contribution in [2.24, 2.45) is 5.92 Å². The van der Waals surface area contributed by atoms with E-state index < -0.39 is 11.6 Å². The normalized spacial score (nSPS) is 14.1. The van der Waals surface area contributed by atoms with Gasteiger partial charge in [-0.1, -0.05) is 48.3 Å². The third-order valence-corrected chi connectivity index (χ3v) is 4.58. The van der Waals surface area contributed by atoms with Gasteiger partial charge in [-0.15, -0.1) is 0 Å². The van der Waals surface area contributed by atoms with Crippen molar-refractivity contribution in [3.63, 3.8) is 0 Å². The Kier molecular flexibility index (Phi) is 8.07. The Labute approximate surface area is 154 Å². The van der Waals surface area contributed by atoms with Crippen molar-refractivity contribution in [2.45, 2.75) is 59.0 Å². The molecule has 1 aromatic rings. The van der Waals surface area contributed by atoms with Crippen LogP contribution in [-0.4, -0.2) is 33.6 Å². The van der Waals surface area contributed by atoms with E-state index in [0.717, 1.165) is 24.2 Å². The summed E-state index contributed by atoms with van der Waals surface area (Å²) in [6.45, 7) is 10.8. The van der Waals surface area contributed by atoms with E-state index in [2.05, 4.69) is 29.8 Å². The van der Waals surface area contributed by atoms with Crippen LogP contribution in [0, 0.1) is 5.92 Å². The van der Waals surface area contributed by atoms with E-state index in [4.69, 9.17) is 4.74 Å². The first kappa shape index (κ1) is 20.8. The Morgan fingerprint density at radius 1 is 1.29 bits per heavy atom. The third kappa shape index (κ3) is 6.00. The van der Waals surface area contributed by atoms with Crippen molar-refractivity contribution in [2.75, 3.05) is 11.9 Å². The third-order valence-electron chi connectivity index (χ3n) is 3.97. The minimum absolute atomic E-state index is 0.240.